The number of hydrogen-bond donors (Lipinski definition) is 3. The molecule has 0 unspecified atom stereocenters. The van der Waals surface area contributed by atoms with E-state index in [1.165, 1.54) is 13.3 Å². The van der Waals surface area contributed by atoms with Crippen LogP contribution in [0.5, 0.6) is 11.5 Å². The third-order valence-electron chi connectivity index (χ3n) is 4.12. The minimum absolute atomic E-state index is 0.0383. The standard InChI is InChI=1S/C22H26N4O6/c1-3-31-22(29)25-17(16-7-5-4-6-8-16)12-21(28)26-24-13-15-9-10-18(19(11-15)30-2)32-14-20(23)27/h4-11,13,17H,3,12,14H2,1-2H3,(H2,23,27)(H,25,29)(H,26,28)/b24-13-/t17-/m1/s1. The first-order valence-corrected chi connectivity index (χ1v) is 9.82. The van der Waals surface area contributed by atoms with Gasteiger partial charge in [0, 0.05) is 0 Å². The van der Waals surface area contributed by atoms with Crippen molar-refractivity contribution in [3.8, 4) is 11.5 Å². The fourth-order valence-corrected chi connectivity index (χ4v) is 2.70. The van der Waals surface area contributed by atoms with Crippen molar-refractivity contribution in [1.29, 1.82) is 0 Å². The van der Waals surface area contributed by atoms with Crippen molar-refractivity contribution in [2.24, 2.45) is 10.8 Å². The number of rotatable bonds is 11. The van der Waals surface area contributed by atoms with Gasteiger partial charge in [0.2, 0.25) is 5.91 Å². The van der Waals surface area contributed by atoms with Gasteiger partial charge in [-0.25, -0.2) is 10.2 Å². The summed E-state index contributed by atoms with van der Waals surface area (Å²) in [4.78, 5) is 35.1. The van der Waals surface area contributed by atoms with Crippen molar-refractivity contribution in [1.82, 2.24) is 10.7 Å². The zero-order valence-electron chi connectivity index (χ0n) is 17.9. The number of nitrogens with one attached hydrogen (secondary N) is 2. The smallest absolute Gasteiger partial charge is 0.407 e. The predicted octanol–water partition coefficient (Wildman–Crippen LogP) is 1.89. The zero-order chi connectivity index (χ0) is 23.3. The number of nitrogens with zero attached hydrogens (tertiary/aromatic N) is 1. The predicted molar refractivity (Wildman–Crippen MR) is 117 cm³/mol. The highest BCUT2D eigenvalue weighted by molar-refractivity contribution is 5.84. The van der Waals surface area contributed by atoms with Crippen molar-refractivity contribution in [2.75, 3.05) is 20.3 Å². The Hall–Kier alpha value is -4.08. The van der Waals surface area contributed by atoms with Gasteiger partial charge in [-0.2, -0.15) is 5.10 Å². The molecule has 2 aromatic carbocycles. The van der Waals surface area contributed by atoms with Crippen LogP contribution in [-0.2, 0) is 14.3 Å². The highest BCUT2D eigenvalue weighted by Gasteiger charge is 2.18. The van der Waals surface area contributed by atoms with E-state index in [2.05, 4.69) is 15.8 Å². The largest absolute Gasteiger partial charge is 0.493 e. The number of alkyl carbamates (subject to hydrolysis) is 1. The van der Waals surface area contributed by atoms with Crippen LogP contribution in [0.3, 0.4) is 0 Å². The minimum Gasteiger partial charge on any atom is -0.493 e. The number of amides is 3. The van der Waals surface area contributed by atoms with Crippen LogP contribution in [0.2, 0.25) is 0 Å². The van der Waals surface area contributed by atoms with Crippen LogP contribution < -0.4 is 25.9 Å². The molecular weight excluding hydrogens is 416 g/mol. The Labute approximate surface area is 185 Å². The number of hydrazone groups is 1. The summed E-state index contributed by atoms with van der Waals surface area (Å²) in [7, 11) is 1.45. The van der Waals surface area contributed by atoms with E-state index in [0.29, 0.717) is 17.1 Å². The summed E-state index contributed by atoms with van der Waals surface area (Å²) in [6.07, 6.45) is 0.779. The Kier molecular flexibility index (Phi) is 9.51. The number of primary amides is 1. The van der Waals surface area contributed by atoms with Crippen LogP contribution in [0.25, 0.3) is 0 Å². The maximum Gasteiger partial charge on any atom is 0.407 e. The van der Waals surface area contributed by atoms with Crippen LogP contribution in [0.15, 0.2) is 53.6 Å². The van der Waals surface area contributed by atoms with Gasteiger partial charge in [0.15, 0.2) is 18.1 Å². The Morgan fingerprint density at radius 2 is 1.88 bits per heavy atom. The number of carbonyl (C=O) groups is 3. The fourth-order valence-electron chi connectivity index (χ4n) is 2.70. The van der Waals surface area contributed by atoms with Gasteiger partial charge in [-0.15, -0.1) is 0 Å². The quantitative estimate of drug-likeness (QED) is 0.358. The summed E-state index contributed by atoms with van der Waals surface area (Å²) < 4.78 is 15.4. The Morgan fingerprint density at radius 3 is 2.53 bits per heavy atom. The van der Waals surface area contributed by atoms with E-state index >= 15 is 0 Å². The Balaban J connectivity index is 2.00. The molecular formula is C22H26N4O6. The second-order valence-electron chi connectivity index (χ2n) is 6.49. The van der Waals surface area contributed by atoms with E-state index in [9.17, 15) is 14.4 Å². The molecule has 0 fully saturated rings. The highest BCUT2D eigenvalue weighted by atomic mass is 16.5. The van der Waals surface area contributed by atoms with Crippen molar-refractivity contribution >= 4 is 24.1 Å². The molecule has 0 saturated heterocycles. The van der Waals surface area contributed by atoms with E-state index in [1.54, 1.807) is 25.1 Å². The van der Waals surface area contributed by atoms with Crippen LogP contribution >= 0.6 is 0 Å². The molecule has 4 N–H and O–H groups in total. The lowest BCUT2D eigenvalue weighted by atomic mass is 10.0. The first-order chi connectivity index (χ1) is 15.4. The summed E-state index contributed by atoms with van der Waals surface area (Å²) in [5, 5.41) is 6.62. The summed E-state index contributed by atoms with van der Waals surface area (Å²) in [6.45, 7) is 1.64. The van der Waals surface area contributed by atoms with Gasteiger partial charge in [-0.1, -0.05) is 30.3 Å². The van der Waals surface area contributed by atoms with Crippen LogP contribution in [0, 0.1) is 0 Å². The molecule has 2 aromatic rings. The topological polar surface area (TPSA) is 141 Å². The molecule has 1 atom stereocenters. The van der Waals surface area contributed by atoms with Crippen LogP contribution in [0.4, 0.5) is 4.79 Å². The van der Waals surface area contributed by atoms with E-state index in [4.69, 9.17) is 19.9 Å². The second-order valence-corrected chi connectivity index (χ2v) is 6.49. The monoisotopic (exact) mass is 442 g/mol. The molecule has 0 spiro atoms. The minimum atomic E-state index is -0.608. The van der Waals surface area contributed by atoms with Crippen LogP contribution in [0.1, 0.15) is 30.5 Å². The molecule has 32 heavy (non-hydrogen) atoms. The summed E-state index contributed by atoms with van der Waals surface area (Å²) in [5.74, 6) is -0.278. The van der Waals surface area contributed by atoms with E-state index in [1.807, 2.05) is 30.3 Å². The third kappa shape index (κ3) is 7.98. The first-order valence-electron chi connectivity index (χ1n) is 9.82. The number of nitrogens with two attached hydrogens (primary N) is 1. The van der Waals surface area contributed by atoms with Gasteiger partial charge >= 0.3 is 6.09 Å². The van der Waals surface area contributed by atoms with E-state index < -0.39 is 23.9 Å². The molecule has 10 heteroatoms. The van der Waals surface area contributed by atoms with Gasteiger partial charge < -0.3 is 25.3 Å². The van der Waals surface area contributed by atoms with Gasteiger partial charge in [-0.3, -0.25) is 9.59 Å². The van der Waals surface area contributed by atoms with Crippen molar-refractivity contribution in [3.63, 3.8) is 0 Å². The maximum atomic E-state index is 12.4. The van der Waals surface area contributed by atoms with E-state index in [-0.39, 0.29) is 19.6 Å². The Bertz CT molecular complexity index is 949. The fraction of sp³-hybridized carbons (Fsp3) is 0.273. The normalized spacial score (nSPS) is 11.4. The molecule has 2 rings (SSSR count). The van der Waals surface area contributed by atoms with Crippen LogP contribution in [-0.4, -0.2) is 44.4 Å². The maximum absolute atomic E-state index is 12.4. The SMILES string of the molecule is CCOC(=O)N[C@H](CC(=O)N/N=C\c1ccc(OCC(N)=O)c(OC)c1)c1ccccc1. The lowest BCUT2D eigenvalue weighted by molar-refractivity contribution is -0.121. The Morgan fingerprint density at radius 1 is 1.12 bits per heavy atom. The van der Waals surface area contributed by atoms with Gasteiger partial charge in [0.05, 0.1) is 32.4 Å². The molecule has 0 aliphatic carbocycles. The average molecular weight is 442 g/mol. The first kappa shape index (κ1) is 24.2. The molecule has 0 heterocycles. The summed E-state index contributed by atoms with van der Waals surface area (Å²) >= 11 is 0. The molecule has 170 valence electrons. The molecule has 0 saturated carbocycles. The number of hydrogen-bond acceptors (Lipinski definition) is 7. The molecule has 10 nitrogen and oxygen atoms in total. The molecule has 0 aliphatic heterocycles. The number of ether oxygens (including phenoxy) is 3. The lowest BCUT2D eigenvalue weighted by Gasteiger charge is -2.18. The molecule has 0 radical (unpaired) electrons. The number of methoxy groups -OCH3 is 1. The number of carbonyl (C=O) groups excluding carboxylic acids is 3. The average Bonchev–Trinajstić information content (AvgIpc) is 2.78. The molecule has 0 aromatic heterocycles. The molecule has 0 aliphatic rings. The van der Waals surface area contributed by atoms with Gasteiger partial charge in [0.1, 0.15) is 0 Å². The van der Waals surface area contributed by atoms with Crippen molar-refractivity contribution < 1.29 is 28.6 Å². The molecule has 3 amide bonds. The van der Waals surface area contributed by atoms with Gasteiger partial charge in [0.25, 0.3) is 5.91 Å². The summed E-state index contributed by atoms with van der Waals surface area (Å²) in [6, 6.07) is 13.4. The van der Waals surface area contributed by atoms with Crippen molar-refractivity contribution in [2.45, 2.75) is 19.4 Å². The number of benzene rings is 2. The third-order valence-corrected chi connectivity index (χ3v) is 4.12. The zero-order valence-corrected chi connectivity index (χ0v) is 17.9. The second kappa shape index (κ2) is 12.6. The lowest BCUT2D eigenvalue weighted by Crippen LogP contribution is -2.33. The van der Waals surface area contributed by atoms with Crippen molar-refractivity contribution in [3.05, 3.63) is 59.7 Å². The summed E-state index contributed by atoms with van der Waals surface area (Å²) in [5.41, 5.74) is 8.89. The van der Waals surface area contributed by atoms with Gasteiger partial charge in [-0.05, 0) is 36.2 Å². The highest BCUT2D eigenvalue weighted by Crippen LogP contribution is 2.27. The van der Waals surface area contributed by atoms with E-state index in [0.717, 1.165) is 5.56 Å². The molecule has 0 bridgehead atoms.